The molecule has 2 atom stereocenters. The van der Waals surface area contributed by atoms with Crippen LogP contribution in [0.1, 0.15) is 24.3 Å². The normalized spacial score (nSPS) is 23.8. The Kier molecular flexibility index (Phi) is 3.12. The first-order valence-corrected chi connectivity index (χ1v) is 5.56. The van der Waals surface area contributed by atoms with E-state index >= 15 is 0 Å². The first kappa shape index (κ1) is 11.6. The van der Waals surface area contributed by atoms with Crippen LogP contribution in [0.5, 0.6) is 0 Å². The highest BCUT2D eigenvalue weighted by Gasteiger charge is 2.31. The largest absolute Gasteiger partial charge is 0.320 e. The number of hydrogen-bond donors (Lipinski definition) is 1. The van der Waals surface area contributed by atoms with Crippen LogP contribution in [0.3, 0.4) is 0 Å². The number of nitrogens with zero attached hydrogens (tertiary/aromatic N) is 2. The first-order valence-electron chi connectivity index (χ1n) is 5.56. The Bertz CT molecular complexity index is 478. The molecule has 0 bridgehead atoms. The molecule has 1 aliphatic rings. The van der Waals surface area contributed by atoms with Gasteiger partial charge in [-0.25, -0.2) is 4.98 Å². The Morgan fingerprint density at radius 1 is 1.71 bits per heavy atom. The van der Waals surface area contributed by atoms with Gasteiger partial charge in [-0.05, 0) is 18.1 Å². The van der Waals surface area contributed by atoms with Crippen LogP contribution in [0.15, 0.2) is 18.3 Å². The summed E-state index contributed by atoms with van der Waals surface area (Å²) in [5, 5.41) is 0. The number of hydrogen-bond acceptors (Lipinski definition) is 3. The van der Waals surface area contributed by atoms with Crippen LogP contribution >= 0.6 is 0 Å². The highest BCUT2D eigenvalue weighted by molar-refractivity contribution is 5.97. The lowest BCUT2D eigenvalue weighted by molar-refractivity contribution is -0.119. The van der Waals surface area contributed by atoms with E-state index in [2.05, 4.69) is 10.9 Å². The van der Waals surface area contributed by atoms with Gasteiger partial charge in [0.05, 0.1) is 6.04 Å². The van der Waals surface area contributed by atoms with Crippen molar-refractivity contribution in [2.45, 2.75) is 24.8 Å². The molecule has 0 aliphatic carbocycles. The number of pyridine rings is 1. The fraction of sp³-hybridized carbons (Fsp3) is 0.385. The van der Waals surface area contributed by atoms with E-state index in [4.69, 9.17) is 12.2 Å². The number of amides is 1. The lowest BCUT2D eigenvalue weighted by Crippen LogP contribution is -2.41. The molecule has 4 nitrogen and oxygen atoms in total. The van der Waals surface area contributed by atoms with Crippen molar-refractivity contribution >= 4 is 11.7 Å². The zero-order valence-corrected chi connectivity index (χ0v) is 9.76. The second-order valence-corrected chi connectivity index (χ2v) is 4.26. The maximum Gasteiger partial charge on any atom is 0.244 e. The van der Waals surface area contributed by atoms with Gasteiger partial charge in [0.1, 0.15) is 5.82 Å². The molecular formula is C13H15N3O. The molecule has 0 radical (unpaired) electrons. The average molecular weight is 229 g/mol. The van der Waals surface area contributed by atoms with Gasteiger partial charge in [0, 0.05) is 25.6 Å². The zero-order valence-electron chi connectivity index (χ0n) is 9.76. The third-order valence-corrected chi connectivity index (χ3v) is 3.12. The van der Waals surface area contributed by atoms with E-state index in [0.717, 1.165) is 5.56 Å². The summed E-state index contributed by atoms with van der Waals surface area (Å²) in [6.07, 6.45) is 8.20. The van der Waals surface area contributed by atoms with Crippen molar-refractivity contribution in [2.24, 2.45) is 5.73 Å². The third-order valence-electron chi connectivity index (χ3n) is 3.12. The Hall–Kier alpha value is -1.86. The molecule has 1 amide bonds. The standard InChI is InChI=1S/C13H15N3O/c1-3-5-9-8-11(14)13(17)16(2)12-10(9)6-4-7-15-12/h1,4,6-7,9,11H,5,8,14H2,2H3/t9-,11+/m0/s1. The molecule has 17 heavy (non-hydrogen) atoms. The molecule has 0 spiro atoms. The lowest BCUT2D eigenvalue weighted by Gasteiger charge is -2.17. The van der Waals surface area contributed by atoms with Crippen LogP contribution in [0, 0.1) is 12.3 Å². The second kappa shape index (κ2) is 4.56. The van der Waals surface area contributed by atoms with Gasteiger partial charge in [-0.1, -0.05) is 6.07 Å². The van der Waals surface area contributed by atoms with Crippen molar-refractivity contribution in [3.05, 3.63) is 23.9 Å². The molecule has 1 aliphatic heterocycles. The van der Waals surface area contributed by atoms with E-state index in [0.29, 0.717) is 18.7 Å². The molecule has 88 valence electrons. The molecule has 2 N–H and O–H groups in total. The summed E-state index contributed by atoms with van der Waals surface area (Å²) in [5.41, 5.74) is 6.89. The van der Waals surface area contributed by atoms with Crippen molar-refractivity contribution in [2.75, 3.05) is 11.9 Å². The van der Waals surface area contributed by atoms with Gasteiger partial charge >= 0.3 is 0 Å². The van der Waals surface area contributed by atoms with E-state index in [1.165, 1.54) is 4.90 Å². The third kappa shape index (κ3) is 2.02. The highest BCUT2D eigenvalue weighted by Crippen LogP contribution is 2.33. The molecule has 0 saturated carbocycles. The van der Waals surface area contributed by atoms with Crippen molar-refractivity contribution in [1.29, 1.82) is 0 Å². The molecular weight excluding hydrogens is 214 g/mol. The molecule has 0 unspecified atom stereocenters. The Balaban J connectivity index is 2.50. The predicted molar refractivity (Wildman–Crippen MR) is 66.4 cm³/mol. The molecule has 1 aromatic rings. The predicted octanol–water partition coefficient (Wildman–Crippen LogP) is 0.882. The summed E-state index contributed by atoms with van der Waals surface area (Å²) in [6, 6.07) is 3.32. The number of aromatic nitrogens is 1. The number of carbonyl (C=O) groups is 1. The maximum atomic E-state index is 12.0. The quantitative estimate of drug-likeness (QED) is 0.727. The number of rotatable bonds is 1. The van der Waals surface area contributed by atoms with Gasteiger partial charge in [-0.15, -0.1) is 12.3 Å². The minimum atomic E-state index is -0.507. The van der Waals surface area contributed by atoms with E-state index in [9.17, 15) is 4.79 Å². The second-order valence-electron chi connectivity index (χ2n) is 4.26. The van der Waals surface area contributed by atoms with Gasteiger partial charge in [0.2, 0.25) is 5.91 Å². The average Bonchev–Trinajstić information content (AvgIpc) is 2.43. The van der Waals surface area contributed by atoms with Crippen LogP contribution in [-0.4, -0.2) is 24.0 Å². The van der Waals surface area contributed by atoms with Gasteiger partial charge in [-0.3, -0.25) is 9.69 Å². The number of fused-ring (bicyclic) bond motifs is 1. The Morgan fingerprint density at radius 3 is 3.18 bits per heavy atom. The summed E-state index contributed by atoms with van der Waals surface area (Å²) in [4.78, 5) is 17.7. The summed E-state index contributed by atoms with van der Waals surface area (Å²) >= 11 is 0. The minimum absolute atomic E-state index is 0.104. The molecule has 4 heteroatoms. The fourth-order valence-electron chi connectivity index (χ4n) is 2.23. The number of anilines is 1. The van der Waals surface area contributed by atoms with E-state index in [1.54, 1.807) is 13.2 Å². The highest BCUT2D eigenvalue weighted by atomic mass is 16.2. The van der Waals surface area contributed by atoms with Crippen molar-refractivity contribution in [3.63, 3.8) is 0 Å². The van der Waals surface area contributed by atoms with E-state index in [-0.39, 0.29) is 11.8 Å². The van der Waals surface area contributed by atoms with Crippen molar-refractivity contribution < 1.29 is 4.79 Å². The number of carbonyl (C=O) groups excluding carboxylic acids is 1. The number of terminal acetylenes is 1. The maximum absolute atomic E-state index is 12.0. The molecule has 2 rings (SSSR count). The van der Waals surface area contributed by atoms with Crippen molar-refractivity contribution in [3.8, 4) is 12.3 Å². The minimum Gasteiger partial charge on any atom is -0.320 e. The van der Waals surface area contributed by atoms with Gasteiger partial charge in [-0.2, -0.15) is 0 Å². The summed E-state index contributed by atoms with van der Waals surface area (Å²) < 4.78 is 0. The number of likely N-dealkylation sites (N-methyl/N-ethyl adjacent to an activating group) is 1. The van der Waals surface area contributed by atoms with Gasteiger partial charge in [0.15, 0.2) is 0 Å². The fourth-order valence-corrected chi connectivity index (χ4v) is 2.23. The topological polar surface area (TPSA) is 59.2 Å². The zero-order chi connectivity index (χ0) is 12.4. The molecule has 0 aromatic carbocycles. The SMILES string of the molecule is C#CC[C@H]1C[C@@H](N)C(=O)N(C)c2ncccc21. The Morgan fingerprint density at radius 2 is 2.47 bits per heavy atom. The summed E-state index contributed by atoms with van der Waals surface area (Å²) in [7, 11) is 1.70. The smallest absolute Gasteiger partial charge is 0.244 e. The van der Waals surface area contributed by atoms with Crippen LogP contribution in [0.4, 0.5) is 5.82 Å². The van der Waals surface area contributed by atoms with Crippen LogP contribution in [0.2, 0.25) is 0 Å². The number of nitrogens with two attached hydrogens (primary N) is 1. The lowest BCUT2D eigenvalue weighted by atomic mass is 9.91. The van der Waals surface area contributed by atoms with Crippen LogP contribution in [-0.2, 0) is 4.79 Å². The summed E-state index contributed by atoms with van der Waals surface area (Å²) in [5.74, 6) is 3.31. The van der Waals surface area contributed by atoms with E-state index < -0.39 is 6.04 Å². The van der Waals surface area contributed by atoms with Crippen molar-refractivity contribution in [1.82, 2.24) is 4.98 Å². The van der Waals surface area contributed by atoms with Crippen LogP contribution < -0.4 is 10.6 Å². The first-order chi connectivity index (χ1) is 8.15. The monoisotopic (exact) mass is 229 g/mol. The summed E-state index contributed by atoms with van der Waals surface area (Å²) in [6.45, 7) is 0. The Labute approximate surface area is 101 Å². The van der Waals surface area contributed by atoms with Gasteiger partial charge < -0.3 is 5.73 Å². The van der Waals surface area contributed by atoms with Crippen LogP contribution in [0.25, 0.3) is 0 Å². The molecule has 1 aromatic heterocycles. The van der Waals surface area contributed by atoms with Gasteiger partial charge in [0.25, 0.3) is 0 Å². The van der Waals surface area contributed by atoms with E-state index in [1.807, 2.05) is 12.1 Å². The molecule has 0 saturated heterocycles. The molecule has 2 heterocycles. The molecule has 0 fully saturated rings.